The summed E-state index contributed by atoms with van der Waals surface area (Å²) in [5.74, 6) is 0.00356. The fourth-order valence-electron chi connectivity index (χ4n) is 3.20. The molecule has 0 aromatic rings. The van der Waals surface area contributed by atoms with E-state index in [9.17, 15) is 9.59 Å². The predicted octanol–water partition coefficient (Wildman–Crippen LogP) is 4.26. The zero-order valence-corrected chi connectivity index (χ0v) is 14.3. The monoisotopic (exact) mass is 312 g/mol. The van der Waals surface area contributed by atoms with E-state index in [-0.39, 0.29) is 23.8 Å². The fraction of sp³-hybridized carbons (Fsp3) is 0.889. The first-order chi connectivity index (χ1) is 10.7. The second-order valence-electron chi connectivity index (χ2n) is 6.17. The maximum Gasteiger partial charge on any atom is 0.308 e. The van der Waals surface area contributed by atoms with Crippen molar-refractivity contribution in [2.45, 2.75) is 78.1 Å². The van der Waals surface area contributed by atoms with E-state index in [1.165, 1.54) is 0 Å². The molecule has 2 atom stereocenters. The Labute approximate surface area is 134 Å². The molecule has 1 fully saturated rings. The number of esters is 2. The van der Waals surface area contributed by atoms with Gasteiger partial charge in [0.05, 0.1) is 25.0 Å². The fourth-order valence-corrected chi connectivity index (χ4v) is 3.20. The molecule has 4 nitrogen and oxygen atoms in total. The molecule has 1 saturated carbocycles. The van der Waals surface area contributed by atoms with Gasteiger partial charge in [0.1, 0.15) is 0 Å². The second kappa shape index (κ2) is 11.5. The van der Waals surface area contributed by atoms with Crippen LogP contribution in [0.3, 0.4) is 0 Å². The molecule has 0 aromatic heterocycles. The molecular formula is C18H32O4. The minimum absolute atomic E-state index is 0.0403. The van der Waals surface area contributed by atoms with Crippen LogP contribution in [0, 0.1) is 11.8 Å². The maximum absolute atomic E-state index is 12.0. The Hall–Kier alpha value is -1.06. The Morgan fingerprint density at radius 1 is 0.682 bits per heavy atom. The molecule has 4 heteroatoms. The van der Waals surface area contributed by atoms with Gasteiger partial charge in [-0.3, -0.25) is 9.59 Å². The summed E-state index contributed by atoms with van der Waals surface area (Å²) >= 11 is 0. The van der Waals surface area contributed by atoms with E-state index in [2.05, 4.69) is 0 Å². The summed E-state index contributed by atoms with van der Waals surface area (Å²) in [7, 11) is 0. The van der Waals surface area contributed by atoms with Crippen molar-refractivity contribution in [3.63, 3.8) is 0 Å². The second-order valence-corrected chi connectivity index (χ2v) is 6.17. The lowest BCUT2D eigenvalue weighted by Crippen LogP contribution is -2.20. The number of hydrogen-bond acceptors (Lipinski definition) is 4. The Morgan fingerprint density at radius 2 is 1.00 bits per heavy atom. The minimum atomic E-state index is -0.0403. The molecule has 1 aliphatic carbocycles. The highest BCUT2D eigenvalue weighted by atomic mass is 16.5. The molecule has 0 aliphatic heterocycles. The van der Waals surface area contributed by atoms with Gasteiger partial charge >= 0.3 is 11.9 Å². The van der Waals surface area contributed by atoms with Crippen LogP contribution in [-0.4, -0.2) is 25.2 Å². The van der Waals surface area contributed by atoms with E-state index in [4.69, 9.17) is 9.47 Å². The Bertz CT molecular complexity index is 295. The molecule has 0 amide bonds. The van der Waals surface area contributed by atoms with Gasteiger partial charge in [-0.1, -0.05) is 38.5 Å². The van der Waals surface area contributed by atoms with E-state index in [0.717, 1.165) is 64.2 Å². The highest BCUT2D eigenvalue weighted by Gasteiger charge is 2.22. The molecule has 0 spiro atoms. The molecule has 2 unspecified atom stereocenters. The van der Waals surface area contributed by atoms with Crippen LogP contribution in [0.1, 0.15) is 78.1 Å². The first-order valence-electron chi connectivity index (χ1n) is 9.02. The number of carbonyl (C=O) groups is 2. The van der Waals surface area contributed by atoms with Gasteiger partial charge in [-0.15, -0.1) is 0 Å². The zero-order valence-electron chi connectivity index (χ0n) is 14.3. The van der Waals surface area contributed by atoms with Crippen LogP contribution in [0.5, 0.6) is 0 Å². The molecular weight excluding hydrogens is 280 g/mol. The Morgan fingerprint density at radius 3 is 1.32 bits per heavy atom. The van der Waals surface area contributed by atoms with Gasteiger partial charge in [0, 0.05) is 0 Å². The van der Waals surface area contributed by atoms with Crippen molar-refractivity contribution in [1.29, 1.82) is 0 Å². The van der Waals surface area contributed by atoms with Gasteiger partial charge in [-0.05, 0) is 39.5 Å². The topological polar surface area (TPSA) is 52.6 Å². The van der Waals surface area contributed by atoms with Crippen LogP contribution < -0.4 is 0 Å². The Balaban J connectivity index is 2.50. The quantitative estimate of drug-likeness (QED) is 0.728. The van der Waals surface area contributed by atoms with Crippen LogP contribution in [0.15, 0.2) is 0 Å². The lowest BCUT2D eigenvalue weighted by molar-refractivity contribution is -0.150. The van der Waals surface area contributed by atoms with Gasteiger partial charge < -0.3 is 9.47 Å². The first kappa shape index (κ1) is 19.0. The van der Waals surface area contributed by atoms with E-state index in [0.29, 0.717) is 13.2 Å². The van der Waals surface area contributed by atoms with Crippen LogP contribution in [0.25, 0.3) is 0 Å². The molecule has 0 radical (unpaired) electrons. The van der Waals surface area contributed by atoms with Gasteiger partial charge in [0.25, 0.3) is 0 Å². The van der Waals surface area contributed by atoms with Crippen molar-refractivity contribution >= 4 is 11.9 Å². The molecule has 1 rings (SSSR count). The van der Waals surface area contributed by atoms with E-state index in [1.54, 1.807) is 0 Å². The van der Waals surface area contributed by atoms with E-state index < -0.39 is 0 Å². The van der Waals surface area contributed by atoms with Gasteiger partial charge in [0.2, 0.25) is 0 Å². The molecule has 0 aromatic carbocycles. The smallest absolute Gasteiger partial charge is 0.308 e. The Kier molecular flexibility index (Phi) is 9.93. The van der Waals surface area contributed by atoms with Crippen molar-refractivity contribution < 1.29 is 19.1 Å². The number of ether oxygens (including phenoxy) is 2. The van der Waals surface area contributed by atoms with E-state index in [1.807, 2.05) is 13.8 Å². The van der Waals surface area contributed by atoms with Crippen LogP contribution in [0.4, 0.5) is 0 Å². The van der Waals surface area contributed by atoms with Crippen LogP contribution >= 0.6 is 0 Å². The molecule has 1 aliphatic rings. The van der Waals surface area contributed by atoms with Crippen LogP contribution in [0.2, 0.25) is 0 Å². The summed E-state index contributed by atoms with van der Waals surface area (Å²) in [5.41, 5.74) is 0. The lowest BCUT2D eigenvalue weighted by Gasteiger charge is -2.19. The summed E-state index contributed by atoms with van der Waals surface area (Å²) in [6.07, 6.45) is 10.0. The molecule has 0 bridgehead atoms. The molecule has 0 heterocycles. The highest BCUT2D eigenvalue weighted by Crippen LogP contribution is 2.25. The summed E-state index contributed by atoms with van der Waals surface area (Å²) in [6.45, 7) is 4.63. The minimum Gasteiger partial charge on any atom is -0.466 e. The summed E-state index contributed by atoms with van der Waals surface area (Å²) < 4.78 is 10.4. The summed E-state index contributed by atoms with van der Waals surface area (Å²) in [6, 6.07) is 0. The third-order valence-electron chi connectivity index (χ3n) is 4.45. The van der Waals surface area contributed by atoms with Crippen molar-refractivity contribution in [3.8, 4) is 0 Å². The first-order valence-corrected chi connectivity index (χ1v) is 9.02. The average molecular weight is 312 g/mol. The SMILES string of the molecule is CCOC(=O)C1CCCCCCC(C(=O)OCC)CCCC1. The molecule has 22 heavy (non-hydrogen) atoms. The van der Waals surface area contributed by atoms with Crippen LogP contribution in [-0.2, 0) is 19.1 Å². The number of hydrogen-bond donors (Lipinski definition) is 0. The standard InChI is InChI=1S/C18H32O4/c1-3-21-17(19)15-11-7-5-6-8-12-16(14-10-9-13-15)18(20)22-4-2/h15-16H,3-14H2,1-2H3. The molecule has 128 valence electrons. The van der Waals surface area contributed by atoms with Crippen molar-refractivity contribution in [2.24, 2.45) is 11.8 Å². The number of carbonyl (C=O) groups excluding carboxylic acids is 2. The predicted molar refractivity (Wildman–Crippen MR) is 86.4 cm³/mol. The zero-order chi connectivity index (χ0) is 16.2. The highest BCUT2D eigenvalue weighted by molar-refractivity contribution is 5.72. The summed E-state index contributed by atoms with van der Waals surface area (Å²) in [4.78, 5) is 24.0. The number of rotatable bonds is 4. The van der Waals surface area contributed by atoms with Crippen molar-refractivity contribution in [1.82, 2.24) is 0 Å². The third-order valence-corrected chi connectivity index (χ3v) is 4.45. The largest absolute Gasteiger partial charge is 0.466 e. The lowest BCUT2D eigenvalue weighted by atomic mass is 9.89. The molecule has 0 N–H and O–H groups in total. The van der Waals surface area contributed by atoms with Gasteiger partial charge in [-0.2, -0.15) is 0 Å². The van der Waals surface area contributed by atoms with Gasteiger partial charge in [0.15, 0.2) is 0 Å². The van der Waals surface area contributed by atoms with Gasteiger partial charge in [-0.25, -0.2) is 0 Å². The van der Waals surface area contributed by atoms with Crippen molar-refractivity contribution in [2.75, 3.05) is 13.2 Å². The van der Waals surface area contributed by atoms with E-state index >= 15 is 0 Å². The summed E-state index contributed by atoms with van der Waals surface area (Å²) in [5, 5.41) is 0. The molecule has 0 saturated heterocycles. The normalized spacial score (nSPS) is 24.6. The third kappa shape index (κ3) is 7.28. The van der Waals surface area contributed by atoms with Crippen molar-refractivity contribution in [3.05, 3.63) is 0 Å². The average Bonchev–Trinajstić information content (AvgIpc) is 2.48. The maximum atomic E-state index is 12.0.